The van der Waals surface area contributed by atoms with E-state index in [1.165, 1.54) is 35.8 Å². The van der Waals surface area contributed by atoms with Crippen LogP contribution in [0.5, 0.6) is 0 Å². The fourth-order valence-electron chi connectivity index (χ4n) is 3.37. The van der Waals surface area contributed by atoms with Gasteiger partial charge in [-0.3, -0.25) is 9.59 Å². The Morgan fingerprint density at radius 3 is 2.96 bits per heavy atom. The van der Waals surface area contributed by atoms with Crippen LogP contribution in [0, 0.1) is 0 Å². The minimum atomic E-state index is -0.268. The molecule has 2 N–H and O–H groups in total. The third-order valence-corrected chi connectivity index (χ3v) is 7.15. The molecule has 2 aromatic heterocycles. The van der Waals surface area contributed by atoms with E-state index < -0.39 is 0 Å². The topological polar surface area (TPSA) is 71.2 Å². The highest BCUT2D eigenvalue weighted by atomic mass is 35.5. The summed E-state index contributed by atoms with van der Waals surface area (Å²) in [5, 5.41) is 4.07. The first-order chi connectivity index (χ1) is 13.0. The average molecular weight is 421 g/mol. The van der Waals surface area contributed by atoms with Crippen molar-refractivity contribution in [1.29, 1.82) is 0 Å². The minimum absolute atomic E-state index is 0.00905. The van der Waals surface area contributed by atoms with Crippen LogP contribution in [0.15, 0.2) is 36.4 Å². The molecule has 0 aliphatic heterocycles. The van der Waals surface area contributed by atoms with Crippen LogP contribution in [0.25, 0.3) is 10.2 Å². The van der Waals surface area contributed by atoms with Crippen LogP contribution in [0.4, 0.5) is 0 Å². The molecule has 0 fully saturated rings. The zero-order chi connectivity index (χ0) is 19.0. The molecule has 2 atom stereocenters. The maximum absolute atomic E-state index is 12.8. The van der Waals surface area contributed by atoms with E-state index in [-0.39, 0.29) is 28.9 Å². The third-order valence-electron chi connectivity index (χ3n) is 4.62. The number of hydrogen-bond acceptors (Lipinski definition) is 5. The van der Waals surface area contributed by atoms with Crippen LogP contribution < -0.4 is 5.32 Å². The SMILES string of the molecule is COC(=O)CS[C@@H]1c2ccccc2C[C@H]1NC(=O)c1cc2cc(Cl)sc2[nH]1. The first-order valence-electron chi connectivity index (χ1n) is 8.40. The van der Waals surface area contributed by atoms with Crippen molar-refractivity contribution in [1.82, 2.24) is 10.3 Å². The second-order valence-corrected chi connectivity index (χ2v) is 9.12. The number of carbonyl (C=O) groups is 2. The molecule has 4 rings (SSSR count). The molecule has 3 aromatic rings. The molecule has 0 radical (unpaired) electrons. The number of methoxy groups -OCH3 is 1. The number of nitrogens with one attached hydrogen (secondary N) is 2. The summed E-state index contributed by atoms with van der Waals surface area (Å²) in [6, 6.07) is 11.7. The second-order valence-electron chi connectivity index (χ2n) is 6.31. The van der Waals surface area contributed by atoms with Crippen molar-refractivity contribution in [2.24, 2.45) is 0 Å². The maximum atomic E-state index is 12.8. The van der Waals surface area contributed by atoms with E-state index in [4.69, 9.17) is 16.3 Å². The Hall–Kier alpha value is -1.96. The predicted molar refractivity (Wildman–Crippen MR) is 110 cm³/mol. The normalized spacial score (nSPS) is 18.4. The lowest BCUT2D eigenvalue weighted by Crippen LogP contribution is -2.37. The van der Waals surface area contributed by atoms with Crippen molar-refractivity contribution in [3.63, 3.8) is 0 Å². The van der Waals surface area contributed by atoms with Gasteiger partial charge in [0, 0.05) is 11.4 Å². The quantitative estimate of drug-likeness (QED) is 0.607. The lowest BCUT2D eigenvalue weighted by atomic mass is 10.1. The Labute approximate surface area is 169 Å². The Kier molecular flexibility index (Phi) is 5.16. The number of H-pyrrole nitrogens is 1. The fourth-order valence-corrected chi connectivity index (χ4v) is 5.73. The van der Waals surface area contributed by atoms with E-state index in [2.05, 4.69) is 22.4 Å². The number of thiophene rings is 1. The van der Waals surface area contributed by atoms with Crippen molar-refractivity contribution in [2.75, 3.05) is 12.9 Å². The molecule has 1 aliphatic carbocycles. The van der Waals surface area contributed by atoms with E-state index in [1.54, 1.807) is 0 Å². The summed E-state index contributed by atoms with van der Waals surface area (Å²) in [5.41, 5.74) is 2.88. The average Bonchev–Trinajstić information content (AvgIpc) is 3.30. The van der Waals surface area contributed by atoms with Gasteiger partial charge in [-0.25, -0.2) is 0 Å². The minimum Gasteiger partial charge on any atom is -0.468 e. The Morgan fingerprint density at radius 2 is 2.19 bits per heavy atom. The number of aromatic amines is 1. The molecular weight excluding hydrogens is 404 g/mol. The summed E-state index contributed by atoms with van der Waals surface area (Å²) in [7, 11) is 1.38. The van der Waals surface area contributed by atoms with Crippen molar-refractivity contribution in [3.05, 3.63) is 57.6 Å². The smallest absolute Gasteiger partial charge is 0.315 e. The summed E-state index contributed by atoms with van der Waals surface area (Å²) in [6.45, 7) is 0. The van der Waals surface area contributed by atoms with Gasteiger partial charge in [-0.15, -0.1) is 23.1 Å². The van der Waals surface area contributed by atoms with Gasteiger partial charge in [0.1, 0.15) is 10.5 Å². The van der Waals surface area contributed by atoms with Crippen molar-refractivity contribution >= 4 is 56.8 Å². The molecule has 1 amide bonds. The van der Waals surface area contributed by atoms with Crippen molar-refractivity contribution in [2.45, 2.75) is 17.7 Å². The van der Waals surface area contributed by atoms with Gasteiger partial charge in [0.15, 0.2) is 0 Å². The Balaban J connectivity index is 1.52. The molecule has 5 nitrogen and oxygen atoms in total. The van der Waals surface area contributed by atoms with E-state index in [0.717, 1.165) is 22.2 Å². The van der Waals surface area contributed by atoms with Gasteiger partial charge in [-0.05, 0) is 29.7 Å². The molecule has 2 heterocycles. The summed E-state index contributed by atoms with van der Waals surface area (Å²) >= 11 is 8.90. The fraction of sp³-hybridized carbons (Fsp3) is 0.263. The van der Waals surface area contributed by atoms with Crippen LogP contribution in [-0.2, 0) is 16.0 Å². The third kappa shape index (κ3) is 3.72. The second kappa shape index (κ2) is 7.58. The number of thioether (sulfide) groups is 1. The lowest BCUT2D eigenvalue weighted by Gasteiger charge is -2.21. The first kappa shape index (κ1) is 18.4. The van der Waals surface area contributed by atoms with E-state index >= 15 is 0 Å². The highest BCUT2D eigenvalue weighted by molar-refractivity contribution is 8.00. The number of aromatic nitrogens is 1. The molecule has 27 heavy (non-hydrogen) atoms. The molecule has 0 unspecified atom stereocenters. The molecule has 1 aromatic carbocycles. The van der Waals surface area contributed by atoms with Gasteiger partial charge >= 0.3 is 5.97 Å². The van der Waals surface area contributed by atoms with Crippen LogP contribution in [0.1, 0.15) is 26.9 Å². The number of rotatable bonds is 5. The summed E-state index contributed by atoms with van der Waals surface area (Å²) in [6.07, 6.45) is 0.738. The van der Waals surface area contributed by atoms with Gasteiger partial charge in [0.2, 0.25) is 0 Å². The highest BCUT2D eigenvalue weighted by Crippen LogP contribution is 2.41. The Bertz CT molecular complexity index is 982. The number of benzene rings is 1. The van der Waals surface area contributed by atoms with Crippen molar-refractivity contribution in [3.8, 4) is 0 Å². The first-order valence-corrected chi connectivity index (χ1v) is 10.6. The van der Waals surface area contributed by atoms with E-state index in [9.17, 15) is 9.59 Å². The number of carbonyl (C=O) groups excluding carboxylic acids is 2. The molecule has 140 valence electrons. The number of fused-ring (bicyclic) bond motifs is 2. The van der Waals surface area contributed by atoms with E-state index in [1.807, 2.05) is 24.3 Å². The number of hydrogen-bond donors (Lipinski definition) is 2. The standard InChI is InChI=1S/C19H17ClN2O3S2/c1-25-16(23)9-26-17-12-5-3-2-4-10(12)6-13(17)21-18(24)14-7-11-8-15(20)27-19(11)22-14/h2-5,7-8,13,17,22H,6,9H2,1H3,(H,21,24)/t13-,17-/m1/s1. The molecule has 0 saturated heterocycles. The predicted octanol–water partition coefficient (Wildman–Crippen LogP) is 4.18. The zero-order valence-corrected chi connectivity index (χ0v) is 16.8. The molecule has 0 bridgehead atoms. The number of halogens is 1. The lowest BCUT2D eigenvalue weighted by molar-refractivity contribution is -0.137. The van der Waals surface area contributed by atoms with Gasteiger partial charge in [-0.2, -0.15) is 0 Å². The molecule has 0 saturated carbocycles. The monoisotopic (exact) mass is 420 g/mol. The van der Waals surface area contributed by atoms with Gasteiger partial charge < -0.3 is 15.0 Å². The van der Waals surface area contributed by atoms with Gasteiger partial charge in [0.05, 0.1) is 22.4 Å². The van der Waals surface area contributed by atoms with E-state index in [0.29, 0.717) is 10.0 Å². The highest BCUT2D eigenvalue weighted by Gasteiger charge is 2.34. The van der Waals surface area contributed by atoms with Crippen LogP contribution >= 0.6 is 34.7 Å². The Morgan fingerprint density at radius 1 is 1.37 bits per heavy atom. The molecule has 1 aliphatic rings. The van der Waals surface area contributed by atoms with Gasteiger partial charge in [-0.1, -0.05) is 35.9 Å². The van der Waals surface area contributed by atoms with Crippen molar-refractivity contribution < 1.29 is 14.3 Å². The van der Waals surface area contributed by atoms with Crippen LogP contribution in [0.2, 0.25) is 4.34 Å². The van der Waals surface area contributed by atoms with Gasteiger partial charge in [0.25, 0.3) is 5.91 Å². The van der Waals surface area contributed by atoms with Crippen LogP contribution in [0.3, 0.4) is 0 Å². The molecule has 0 spiro atoms. The van der Waals surface area contributed by atoms with Crippen LogP contribution in [-0.4, -0.2) is 35.8 Å². The maximum Gasteiger partial charge on any atom is 0.315 e. The summed E-state index contributed by atoms with van der Waals surface area (Å²) < 4.78 is 5.44. The zero-order valence-electron chi connectivity index (χ0n) is 14.5. The largest absolute Gasteiger partial charge is 0.468 e. The summed E-state index contributed by atoms with van der Waals surface area (Å²) in [5.74, 6) is -0.176. The molecule has 8 heteroatoms. The number of ether oxygens (including phenoxy) is 1. The molecular formula is C19H17ClN2O3S2. The number of esters is 1. The summed E-state index contributed by atoms with van der Waals surface area (Å²) in [4.78, 5) is 28.4. The number of amides is 1.